The Hall–Kier alpha value is -4.53. The number of nitrogens with zero attached hydrogens (tertiary/aromatic N) is 6. The molecule has 170 valence electrons. The van der Waals surface area contributed by atoms with Crippen molar-refractivity contribution in [1.29, 1.82) is 0 Å². The number of aromatic nitrogens is 6. The minimum atomic E-state index is -0.357. The van der Waals surface area contributed by atoms with E-state index in [-0.39, 0.29) is 11.9 Å². The summed E-state index contributed by atoms with van der Waals surface area (Å²) < 4.78 is 3.49. The summed E-state index contributed by atoms with van der Waals surface area (Å²) in [7, 11) is 1.89. The SMILES string of the molecule is CC(C)c1cc(NC(=O)Nc2ccc(-c3cncc4c3cnn4C)cc2)n(-c2cccnc2)n1. The summed E-state index contributed by atoms with van der Waals surface area (Å²) in [5, 5.41) is 15.8. The highest BCUT2D eigenvalue weighted by atomic mass is 16.2. The van der Waals surface area contributed by atoms with E-state index in [9.17, 15) is 4.79 Å². The predicted molar refractivity (Wildman–Crippen MR) is 132 cm³/mol. The van der Waals surface area contributed by atoms with E-state index in [1.165, 1.54) is 0 Å². The number of nitrogens with one attached hydrogen (secondary N) is 2. The Morgan fingerprint density at radius 3 is 2.53 bits per heavy atom. The molecular weight excluding hydrogens is 428 g/mol. The van der Waals surface area contributed by atoms with Crippen LogP contribution in [0, 0.1) is 0 Å². The molecule has 0 bridgehead atoms. The smallest absolute Gasteiger partial charge is 0.308 e. The Bertz CT molecular complexity index is 1450. The molecule has 0 fully saturated rings. The minimum Gasteiger partial charge on any atom is -0.308 e. The van der Waals surface area contributed by atoms with Gasteiger partial charge in [0, 0.05) is 42.1 Å². The number of carbonyl (C=O) groups excluding carboxylic acids is 1. The summed E-state index contributed by atoms with van der Waals surface area (Å²) in [6, 6.07) is 12.9. The van der Waals surface area contributed by atoms with Gasteiger partial charge in [-0.1, -0.05) is 26.0 Å². The molecule has 0 aliphatic carbocycles. The average Bonchev–Trinajstić information content (AvgIpc) is 3.44. The molecular formula is C25H24N8O. The normalized spacial score (nSPS) is 11.2. The molecule has 0 spiro atoms. The van der Waals surface area contributed by atoms with Crippen LogP contribution in [0.5, 0.6) is 0 Å². The average molecular weight is 453 g/mol. The van der Waals surface area contributed by atoms with Gasteiger partial charge in [0.25, 0.3) is 0 Å². The van der Waals surface area contributed by atoms with Gasteiger partial charge in [-0.15, -0.1) is 0 Å². The third kappa shape index (κ3) is 4.11. The molecule has 0 atom stereocenters. The molecule has 0 unspecified atom stereocenters. The zero-order valence-corrected chi connectivity index (χ0v) is 19.1. The Labute approximate surface area is 196 Å². The van der Waals surface area contributed by atoms with E-state index < -0.39 is 0 Å². The van der Waals surface area contributed by atoms with Crippen molar-refractivity contribution < 1.29 is 4.79 Å². The summed E-state index contributed by atoms with van der Waals surface area (Å²) in [5.74, 6) is 0.785. The lowest BCUT2D eigenvalue weighted by Gasteiger charge is -2.10. The fourth-order valence-corrected chi connectivity index (χ4v) is 3.75. The van der Waals surface area contributed by atoms with E-state index in [1.807, 2.05) is 61.9 Å². The van der Waals surface area contributed by atoms with Gasteiger partial charge in [0.05, 0.1) is 35.5 Å². The molecule has 0 saturated carbocycles. The van der Waals surface area contributed by atoms with E-state index in [2.05, 4.69) is 44.6 Å². The summed E-state index contributed by atoms with van der Waals surface area (Å²) in [6.45, 7) is 4.12. The molecule has 0 aliphatic heterocycles. The monoisotopic (exact) mass is 452 g/mol. The van der Waals surface area contributed by atoms with E-state index in [1.54, 1.807) is 28.0 Å². The Balaban J connectivity index is 1.35. The van der Waals surface area contributed by atoms with Crippen molar-refractivity contribution in [3.05, 3.63) is 79.1 Å². The predicted octanol–water partition coefficient (Wildman–Crippen LogP) is 4.98. The van der Waals surface area contributed by atoms with Crippen molar-refractivity contribution in [3.63, 3.8) is 0 Å². The zero-order chi connectivity index (χ0) is 23.7. The number of pyridine rings is 2. The van der Waals surface area contributed by atoms with Gasteiger partial charge in [-0.2, -0.15) is 10.2 Å². The van der Waals surface area contributed by atoms with Crippen molar-refractivity contribution in [2.24, 2.45) is 7.05 Å². The van der Waals surface area contributed by atoms with Gasteiger partial charge in [-0.3, -0.25) is 20.0 Å². The highest BCUT2D eigenvalue weighted by Gasteiger charge is 2.15. The molecule has 9 nitrogen and oxygen atoms in total. The highest BCUT2D eigenvalue weighted by Crippen LogP contribution is 2.28. The number of rotatable bonds is 5. The summed E-state index contributed by atoms with van der Waals surface area (Å²) in [6.07, 6.45) is 8.86. The van der Waals surface area contributed by atoms with Crippen molar-refractivity contribution in [2.75, 3.05) is 10.6 Å². The van der Waals surface area contributed by atoms with Crippen LogP contribution >= 0.6 is 0 Å². The molecule has 1 aromatic carbocycles. The first-order valence-corrected chi connectivity index (χ1v) is 10.9. The van der Waals surface area contributed by atoms with Crippen LogP contribution in [0.25, 0.3) is 27.7 Å². The molecule has 0 aliphatic rings. The van der Waals surface area contributed by atoms with Crippen LogP contribution in [-0.4, -0.2) is 35.6 Å². The maximum Gasteiger partial charge on any atom is 0.324 e. The highest BCUT2D eigenvalue weighted by molar-refractivity contribution is 6.00. The van der Waals surface area contributed by atoms with Crippen LogP contribution in [0.3, 0.4) is 0 Å². The van der Waals surface area contributed by atoms with E-state index in [0.717, 1.165) is 33.4 Å². The molecule has 5 rings (SSSR count). The third-order valence-electron chi connectivity index (χ3n) is 5.58. The summed E-state index contributed by atoms with van der Waals surface area (Å²) >= 11 is 0. The van der Waals surface area contributed by atoms with Crippen LogP contribution in [0.4, 0.5) is 16.3 Å². The Kier molecular flexibility index (Phi) is 5.51. The van der Waals surface area contributed by atoms with Crippen LogP contribution in [-0.2, 0) is 7.05 Å². The minimum absolute atomic E-state index is 0.216. The number of hydrogen-bond acceptors (Lipinski definition) is 5. The second kappa shape index (κ2) is 8.78. The quantitative estimate of drug-likeness (QED) is 0.391. The van der Waals surface area contributed by atoms with Crippen LogP contribution in [0.1, 0.15) is 25.5 Å². The maximum atomic E-state index is 12.8. The fraction of sp³-hybridized carbons (Fsp3) is 0.160. The van der Waals surface area contributed by atoms with Crippen molar-refractivity contribution in [3.8, 4) is 16.8 Å². The lowest BCUT2D eigenvalue weighted by atomic mass is 10.0. The molecule has 2 amide bonds. The second-order valence-corrected chi connectivity index (χ2v) is 8.28. The summed E-state index contributed by atoms with van der Waals surface area (Å²) in [4.78, 5) is 21.3. The number of fused-ring (bicyclic) bond motifs is 1. The first kappa shape index (κ1) is 21.3. The maximum absolute atomic E-state index is 12.8. The standard InChI is InChI=1S/C25H24N8O/c1-16(2)22-11-24(33(31-22)19-5-4-10-26-12-19)30-25(34)29-18-8-6-17(7-9-18)20-13-27-15-23-21(20)14-28-32(23)3/h4-16H,1-3H3,(H2,29,30,34). The van der Waals surface area contributed by atoms with Gasteiger partial charge < -0.3 is 5.32 Å². The molecule has 34 heavy (non-hydrogen) atoms. The largest absolute Gasteiger partial charge is 0.324 e. The van der Waals surface area contributed by atoms with Gasteiger partial charge in [-0.05, 0) is 35.7 Å². The van der Waals surface area contributed by atoms with E-state index in [4.69, 9.17) is 0 Å². The van der Waals surface area contributed by atoms with Gasteiger partial charge in [-0.25, -0.2) is 9.48 Å². The molecule has 0 radical (unpaired) electrons. The number of benzene rings is 1. The Morgan fingerprint density at radius 2 is 1.79 bits per heavy atom. The number of amides is 2. The number of carbonyl (C=O) groups is 1. The summed E-state index contributed by atoms with van der Waals surface area (Å²) in [5.41, 5.74) is 5.26. The molecule has 9 heteroatoms. The number of hydrogen-bond donors (Lipinski definition) is 2. The first-order valence-electron chi connectivity index (χ1n) is 10.9. The third-order valence-corrected chi connectivity index (χ3v) is 5.58. The van der Waals surface area contributed by atoms with Crippen molar-refractivity contribution >= 4 is 28.4 Å². The molecule has 4 heterocycles. The topological polar surface area (TPSA) is 103 Å². The zero-order valence-electron chi connectivity index (χ0n) is 19.1. The first-order chi connectivity index (χ1) is 16.5. The van der Waals surface area contributed by atoms with E-state index >= 15 is 0 Å². The van der Waals surface area contributed by atoms with Gasteiger partial charge in [0.1, 0.15) is 5.82 Å². The number of aryl methyl sites for hydroxylation is 1. The Morgan fingerprint density at radius 1 is 0.971 bits per heavy atom. The van der Waals surface area contributed by atoms with Gasteiger partial charge in [0.2, 0.25) is 0 Å². The number of anilines is 2. The molecule has 2 N–H and O–H groups in total. The fourth-order valence-electron chi connectivity index (χ4n) is 3.75. The van der Waals surface area contributed by atoms with Crippen molar-refractivity contribution in [1.82, 2.24) is 29.5 Å². The molecule has 0 saturated heterocycles. The van der Waals surface area contributed by atoms with Gasteiger partial charge in [0.15, 0.2) is 0 Å². The van der Waals surface area contributed by atoms with Crippen LogP contribution < -0.4 is 10.6 Å². The van der Waals surface area contributed by atoms with E-state index in [0.29, 0.717) is 11.5 Å². The van der Waals surface area contributed by atoms with Crippen molar-refractivity contribution in [2.45, 2.75) is 19.8 Å². The van der Waals surface area contributed by atoms with Gasteiger partial charge >= 0.3 is 6.03 Å². The molecule has 5 aromatic rings. The molecule has 4 aromatic heterocycles. The van der Waals surface area contributed by atoms with Crippen LogP contribution in [0.15, 0.2) is 73.4 Å². The van der Waals surface area contributed by atoms with Crippen LogP contribution in [0.2, 0.25) is 0 Å². The number of urea groups is 1. The second-order valence-electron chi connectivity index (χ2n) is 8.28. The lowest BCUT2D eigenvalue weighted by Crippen LogP contribution is -2.21. The lowest BCUT2D eigenvalue weighted by molar-refractivity contribution is 0.262.